The van der Waals surface area contributed by atoms with Crippen LogP contribution in [-0.4, -0.2) is 25.7 Å². The highest BCUT2D eigenvalue weighted by molar-refractivity contribution is 5.93. The third-order valence-corrected chi connectivity index (χ3v) is 4.50. The topological polar surface area (TPSA) is 95.4 Å². The summed E-state index contributed by atoms with van der Waals surface area (Å²) >= 11 is 0. The lowest BCUT2D eigenvalue weighted by Crippen LogP contribution is -2.29. The highest BCUT2D eigenvalue weighted by Gasteiger charge is 2.34. The summed E-state index contributed by atoms with van der Waals surface area (Å²) in [5.41, 5.74) is 8.28. The van der Waals surface area contributed by atoms with Crippen molar-refractivity contribution in [2.24, 2.45) is 5.92 Å². The first-order valence-corrected chi connectivity index (χ1v) is 8.43. The molecule has 132 valence electrons. The minimum atomic E-state index is -0.302. The smallest absolute Gasteiger partial charge is 0.230 e. The second-order valence-corrected chi connectivity index (χ2v) is 6.19. The SMILES string of the molecule is N#Cc1cccc(NC(=O)C2CNNC2c2ccc3c(c2)OCCO3)c1. The molecule has 2 aliphatic heterocycles. The van der Waals surface area contributed by atoms with Crippen molar-refractivity contribution in [1.82, 2.24) is 10.9 Å². The monoisotopic (exact) mass is 350 g/mol. The number of ether oxygens (including phenoxy) is 2. The van der Waals surface area contributed by atoms with E-state index in [9.17, 15) is 4.79 Å². The van der Waals surface area contributed by atoms with Gasteiger partial charge >= 0.3 is 0 Å². The van der Waals surface area contributed by atoms with Gasteiger partial charge in [-0.15, -0.1) is 0 Å². The third kappa shape index (κ3) is 3.20. The van der Waals surface area contributed by atoms with Gasteiger partial charge in [-0.2, -0.15) is 5.26 Å². The zero-order valence-electron chi connectivity index (χ0n) is 14.0. The van der Waals surface area contributed by atoms with Gasteiger partial charge in [-0.25, -0.2) is 5.43 Å². The van der Waals surface area contributed by atoms with Gasteiger partial charge in [0.1, 0.15) is 13.2 Å². The largest absolute Gasteiger partial charge is 0.486 e. The maximum atomic E-state index is 12.8. The molecule has 4 rings (SSSR count). The van der Waals surface area contributed by atoms with Crippen LogP contribution in [0.25, 0.3) is 0 Å². The Morgan fingerprint density at radius 2 is 2.00 bits per heavy atom. The van der Waals surface area contributed by atoms with Crippen LogP contribution in [-0.2, 0) is 4.79 Å². The number of hydrogen-bond donors (Lipinski definition) is 3. The molecule has 1 saturated heterocycles. The number of nitrogens with one attached hydrogen (secondary N) is 3. The van der Waals surface area contributed by atoms with Gasteiger partial charge in [0, 0.05) is 12.2 Å². The lowest BCUT2D eigenvalue weighted by Gasteiger charge is -2.22. The third-order valence-electron chi connectivity index (χ3n) is 4.50. The van der Waals surface area contributed by atoms with Crippen LogP contribution in [0.2, 0.25) is 0 Å². The molecule has 1 fully saturated rings. The number of nitriles is 1. The fraction of sp³-hybridized carbons (Fsp3) is 0.263. The number of hydrogen-bond acceptors (Lipinski definition) is 6. The molecule has 26 heavy (non-hydrogen) atoms. The summed E-state index contributed by atoms with van der Waals surface area (Å²) in [6.45, 7) is 1.57. The van der Waals surface area contributed by atoms with E-state index in [0.717, 1.165) is 11.3 Å². The summed E-state index contributed by atoms with van der Waals surface area (Å²) in [4.78, 5) is 12.8. The van der Waals surface area contributed by atoms with Gasteiger partial charge in [0.15, 0.2) is 11.5 Å². The Morgan fingerprint density at radius 1 is 1.15 bits per heavy atom. The molecule has 2 heterocycles. The van der Waals surface area contributed by atoms with Gasteiger partial charge < -0.3 is 14.8 Å². The molecule has 7 nitrogen and oxygen atoms in total. The molecule has 7 heteroatoms. The lowest BCUT2D eigenvalue weighted by atomic mass is 9.93. The van der Waals surface area contributed by atoms with Crippen LogP contribution in [0.1, 0.15) is 17.2 Å². The molecular formula is C19H18N4O3. The van der Waals surface area contributed by atoms with Crippen molar-refractivity contribution in [2.75, 3.05) is 25.1 Å². The Labute approximate surface area is 150 Å². The maximum Gasteiger partial charge on any atom is 0.230 e. The summed E-state index contributed by atoms with van der Waals surface area (Å²) in [5.74, 6) is 1.00. The molecule has 3 N–H and O–H groups in total. The molecule has 2 aromatic rings. The fourth-order valence-corrected chi connectivity index (χ4v) is 3.21. The van der Waals surface area contributed by atoms with Crippen LogP contribution in [0.4, 0.5) is 5.69 Å². The standard InChI is InChI=1S/C19H18N4O3/c20-10-12-2-1-3-14(8-12)22-19(24)15-11-21-23-18(15)13-4-5-16-17(9-13)26-7-6-25-16/h1-5,8-9,15,18,21,23H,6-7,11H2,(H,22,24). The van der Waals surface area contributed by atoms with Gasteiger partial charge in [-0.05, 0) is 35.9 Å². The Balaban J connectivity index is 1.52. The van der Waals surface area contributed by atoms with Crippen LogP contribution in [0.15, 0.2) is 42.5 Å². The Kier molecular flexibility index (Phi) is 4.44. The molecule has 0 spiro atoms. The molecule has 0 bridgehead atoms. The zero-order chi connectivity index (χ0) is 17.9. The molecule has 1 amide bonds. The summed E-state index contributed by atoms with van der Waals surface area (Å²) in [6, 6.07) is 14.5. The van der Waals surface area contributed by atoms with E-state index in [0.29, 0.717) is 36.8 Å². The predicted molar refractivity (Wildman–Crippen MR) is 94.6 cm³/mol. The van der Waals surface area contributed by atoms with E-state index in [2.05, 4.69) is 22.2 Å². The van der Waals surface area contributed by atoms with Crippen LogP contribution >= 0.6 is 0 Å². The Bertz CT molecular complexity index is 877. The highest BCUT2D eigenvalue weighted by atomic mass is 16.6. The van der Waals surface area contributed by atoms with E-state index in [1.165, 1.54) is 0 Å². The number of rotatable bonds is 3. The van der Waals surface area contributed by atoms with E-state index in [4.69, 9.17) is 14.7 Å². The summed E-state index contributed by atoms with van der Waals surface area (Å²) in [5, 5.41) is 11.9. The van der Waals surface area contributed by atoms with Crippen molar-refractivity contribution in [3.05, 3.63) is 53.6 Å². The number of benzene rings is 2. The number of carbonyl (C=O) groups is 1. The Morgan fingerprint density at radius 3 is 2.85 bits per heavy atom. The molecule has 0 saturated carbocycles. The first-order valence-electron chi connectivity index (χ1n) is 8.43. The molecule has 0 radical (unpaired) electrons. The van der Waals surface area contributed by atoms with E-state index in [-0.39, 0.29) is 17.9 Å². The number of fused-ring (bicyclic) bond motifs is 1. The van der Waals surface area contributed by atoms with Crippen LogP contribution in [0.5, 0.6) is 11.5 Å². The first-order chi connectivity index (χ1) is 12.7. The lowest BCUT2D eigenvalue weighted by molar-refractivity contribution is -0.119. The van der Waals surface area contributed by atoms with Gasteiger partial charge in [0.25, 0.3) is 0 Å². The first kappa shape index (κ1) is 16.4. The van der Waals surface area contributed by atoms with Crippen LogP contribution < -0.4 is 25.6 Å². The fourth-order valence-electron chi connectivity index (χ4n) is 3.21. The van der Waals surface area contributed by atoms with E-state index in [1.807, 2.05) is 18.2 Å². The van der Waals surface area contributed by atoms with E-state index in [1.54, 1.807) is 24.3 Å². The van der Waals surface area contributed by atoms with Crippen molar-refractivity contribution >= 4 is 11.6 Å². The van der Waals surface area contributed by atoms with E-state index < -0.39 is 0 Å². The number of carbonyl (C=O) groups excluding carboxylic acids is 1. The predicted octanol–water partition coefficient (Wildman–Crippen LogP) is 1.73. The molecule has 2 aromatic carbocycles. The van der Waals surface area contributed by atoms with Gasteiger partial charge in [0.2, 0.25) is 5.91 Å². The molecule has 2 atom stereocenters. The summed E-state index contributed by atoms with van der Waals surface area (Å²) in [6.07, 6.45) is 0. The maximum absolute atomic E-state index is 12.8. The minimum absolute atomic E-state index is 0.113. The Hall–Kier alpha value is -3.08. The number of nitrogens with zero attached hydrogens (tertiary/aromatic N) is 1. The van der Waals surface area contributed by atoms with E-state index >= 15 is 0 Å². The number of anilines is 1. The van der Waals surface area contributed by atoms with Crippen molar-refractivity contribution in [3.63, 3.8) is 0 Å². The quantitative estimate of drug-likeness (QED) is 0.780. The van der Waals surface area contributed by atoms with Crippen LogP contribution in [0.3, 0.4) is 0 Å². The van der Waals surface area contributed by atoms with Gasteiger partial charge in [-0.3, -0.25) is 10.2 Å². The molecule has 0 aliphatic carbocycles. The second kappa shape index (κ2) is 7.04. The van der Waals surface area contributed by atoms with Crippen molar-refractivity contribution in [2.45, 2.75) is 6.04 Å². The van der Waals surface area contributed by atoms with Crippen molar-refractivity contribution in [1.29, 1.82) is 5.26 Å². The molecular weight excluding hydrogens is 332 g/mol. The van der Waals surface area contributed by atoms with Gasteiger partial charge in [0.05, 0.1) is 23.6 Å². The average molecular weight is 350 g/mol. The van der Waals surface area contributed by atoms with Crippen molar-refractivity contribution < 1.29 is 14.3 Å². The number of hydrazine groups is 1. The second-order valence-electron chi connectivity index (χ2n) is 6.19. The minimum Gasteiger partial charge on any atom is -0.486 e. The molecule has 2 aliphatic rings. The molecule has 2 unspecified atom stereocenters. The van der Waals surface area contributed by atoms with Gasteiger partial charge in [-0.1, -0.05) is 12.1 Å². The zero-order valence-corrected chi connectivity index (χ0v) is 14.0. The molecule has 0 aromatic heterocycles. The van der Waals surface area contributed by atoms with Crippen molar-refractivity contribution in [3.8, 4) is 17.6 Å². The number of amides is 1. The van der Waals surface area contributed by atoms with Crippen LogP contribution in [0, 0.1) is 17.2 Å². The average Bonchev–Trinajstić information content (AvgIpc) is 3.18. The summed E-state index contributed by atoms with van der Waals surface area (Å²) < 4.78 is 11.2. The highest BCUT2D eigenvalue weighted by Crippen LogP contribution is 2.35. The summed E-state index contributed by atoms with van der Waals surface area (Å²) in [7, 11) is 0. The normalized spacial score (nSPS) is 21.0.